The van der Waals surface area contributed by atoms with Gasteiger partial charge in [-0.15, -0.1) is 0 Å². The van der Waals surface area contributed by atoms with Gasteiger partial charge in [-0.2, -0.15) is 0 Å². The highest BCUT2D eigenvalue weighted by Crippen LogP contribution is 2.22. The number of aryl methyl sites for hydroxylation is 1. The zero-order valence-electron chi connectivity index (χ0n) is 12.0. The van der Waals surface area contributed by atoms with Gasteiger partial charge in [-0.25, -0.2) is 0 Å². The molecule has 0 fully saturated rings. The molecule has 0 N–H and O–H groups in total. The van der Waals surface area contributed by atoms with Crippen molar-refractivity contribution in [3.63, 3.8) is 0 Å². The van der Waals surface area contributed by atoms with E-state index in [0.717, 1.165) is 22.6 Å². The minimum Gasteiger partial charge on any atom is -0.496 e. The number of carbonyl (C=O) groups excluding carboxylic acids is 1. The summed E-state index contributed by atoms with van der Waals surface area (Å²) in [6.45, 7) is 1.95. The molecule has 0 aliphatic heterocycles. The number of rotatable bonds is 5. The smallest absolute Gasteiger partial charge is 0.167 e. The van der Waals surface area contributed by atoms with Crippen molar-refractivity contribution in [3.05, 3.63) is 59.2 Å². The molecule has 0 unspecified atom stereocenters. The van der Waals surface area contributed by atoms with Gasteiger partial charge in [0.15, 0.2) is 5.78 Å². The molecule has 0 aliphatic rings. The number of ketones is 1. The Hall–Kier alpha value is -2.29. The van der Waals surface area contributed by atoms with Crippen LogP contribution in [0.5, 0.6) is 11.5 Å². The molecular formula is C17H18O3. The largest absolute Gasteiger partial charge is 0.496 e. The SMILES string of the molecule is COc1cc(C(=O)Cc2ccccc2OC)ccc1C. The molecule has 2 aromatic carbocycles. The van der Waals surface area contributed by atoms with Gasteiger partial charge in [0.1, 0.15) is 11.5 Å². The van der Waals surface area contributed by atoms with Crippen LogP contribution in [0.1, 0.15) is 21.5 Å². The Morgan fingerprint density at radius 3 is 2.40 bits per heavy atom. The van der Waals surface area contributed by atoms with E-state index in [1.54, 1.807) is 20.3 Å². The van der Waals surface area contributed by atoms with Crippen molar-refractivity contribution in [3.8, 4) is 11.5 Å². The van der Waals surface area contributed by atoms with Crippen LogP contribution >= 0.6 is 0 Å². The quantitative estimate of drug-likeness (QED) is 0.781. The molecule has 2 rings (SSSR count). The summed E-state index contributed by atoms with van der Waals surface area (Å²) in [7, 11) is 3.22. The monoisotopic (exact) mass is 270 g/mol. The third-order valence-corrected chi connectivity index (χ3v) is 3.27. The summed E-state index contributed by atoms with van der Waals surface area (Å²) in [6, 6.07) is 13.1. The Morgan fingerprint density at radius 2 is 1.70 bits per heavy atom. The number of methoxy groups -OCH3 is 2. The van der Waals surface area contributed by atoms with Crippen LogP contribution in [0.25, 0.3) is 0 Å². The van der Waals surface area contributed by atoms with E-state index < -0.39 is 0 Å². The molecule has 3 heteroatoms. The zero-order chi connectivity index (χ0) is 14.5. The number of hydrogen-bond donors (Lipinski definition) is 0. The summed E-state index contributed by atoms with van der Waals surface area (Å²) in [5.41, 5.74) is 2.55. The molecule has 0 bridgehead atoms. The molecule has 0 aromatic heterocycles. The van der Waals surface area contributed by atoms with E-state index in [1.165, 1.54) is 0 Å². The highest BCUT2D eigenvalue weighted by molar-refractivity contribution is 5.98. The highest BCUT2D eigenvalue weighted by Gasteiger charge is 2.12. The van der Waals surface area contributed by atoms with Crippen molar-refractivity contribution in [1.82, 2.24) is 0 Å². The maximum atomic E-state index is 12.4. The first kappa shape index (κ1) is 14.1. The molecule has 0 radical (unpaired) electrons. The first-order valence-electron chi connectivity index (χ1n) is 6.45. The van der Waals surface area contributed by atoms with Crippen LogP contribution in [-0.4, -0.2) is 20.0 Å². The molecule has 20 heavy (non-hydrogen) atoms. The summed E-state index contributed by atoms with van der Waals surface area (Å²) in [4.78, 5) is 12.4. The molecule has 0 saturated carbocycles. The topological polar surface area (TPSA) is 35.5 Å². The van der Waals surface area contributed by atoms with E-state index in [0.29, 0.717) is 12.0 Å². The molecule has 0 aliphatic carbocycles. The minimum atomic E-state index is 0.0489. The molecule has 2 aromatic rings. The lowest BCUT2D eigenvalue weighted by atomic mass is 10.0. The summed E-state index contributed by atoms with van der Waals surface area (Å²) >= 11 is 0. The van der Waals surface area contributed by atoms with E-state index in [-0.39, 0.29) is 5.78 Å². The molecule has 0 spiro atoms. The second kappa shape index (κ2) is 6.24. The van der Waals surface area contributed by atoms with Gasteiger partial charge in [0, 0.05) is 17.5 Å². The fraction of sp³-hybridized carbons (Fsp3) is 0.235. The maximum Gasteiger partial charge on any atom is 0.167 e. The summed E-state index contributed by atoms with van der Waals surface area (Å²) in [5, 5.41) is 0. The first-order chi connectivity index (χ1) is 9.65. The van der Waals surface area contributed by atoms with Crippen molar-refractivity contribution in [1.29, 1.82) is 0 Å². The van der Waals surface area contributed by atoms with Crippen LogP contribution in [0.2, 0.25) is 0 Å². The normalized spacial score (nSPS) is 10.2. The fourth-order valence-electron chi connectivity index (χ4n) is 2.12. The standard InChI is InChI=1S/C17H18O3/c1-12-8-9-13(11-17(12)20-3)15(18)10-14-6-4-5-7-16(14)19-2/h4-9,11H,10H2,1-3H3. The predicted octanol–water partition coefficient (Wildman–Crippen LogP) is 3.44. The molecular weight excluding hydrogens is 252 g/mol. The van der Waals surface area contributed by atoms with Crippen LogP contribution in [-0.2, 0) is 6.42 Å². The van der Waals surface area contributed by atoms with Gasteiger partial charge >= 0.3 is 0 Å². The van der Waals surface area contributed by atoms with Gasteiger partial charge in [-0.3, -0.25) is 4.79 Å². The highest BCUT2D eigenvalue weighted by atomic mass is 16.5. The Kier molecular flexibility index (Phi) is 4.41. The molecule has 0 atom stereocenters. The summed E-state index contributed by atoms with van der Waals surface area (Å²) in [6.07, 6.45) is 0.316. The average Bonchev–Trinajstić information content (AvgIpc) is 2.48. The molecule has 0 saturated heterocycles. The van der Waals surface area contributed by atoms with E-state index in [9.17, 15) is 4.79 Å². The van der Waals surface area contributed by atoms with E-state index in [2.05, 4.69) is 0 Å². The fourth-order valence-corrected chi connectivity index (χ4v) is 2.12. The van der Waals surface area contributed by atoms with Gasteiger partial charge in [0.05, 0.1) is 14.2 Å². The third kappa shape index (κ3) is 2.99. The van der Waals surface area contributed by atoms with Crippen molar-refractivity contribution < 1.29 is 14.3 Å². The third-order valence-electron chi connectivity index (χ3n) is 3.27. The van der Waals surface area contributed by atoms with Crippen LogP contribution in [0.15, 0.2) is 42.5 Å². The van der Waals surface area contributed by atoms with Crippen molar-refractivity contribution in [2.24, 2.45) is 0 Å². The van der Waals surface area contributed by atoms with E-state index >= 15 is 0 Å². The van der Waals surface area contributed by atoms with Crippen LogP contribution < -0.4 is 9.47 Å². The number of ether oxygens (including phenoxy) is 2. The summed E-state index contributed by atoms with van der Waals surface area (Å²) in [5.74, 6) is 1.52. The Balaban J connectivity index is 2.24. The Labute approximate surface area is 119 Å². The van der Waals surface area contributed by atoms with E-state index in [1.807, 2.05) is 43.3 Å². The van der Waals surface area contributed by atoms with Crippen molar-refractivity contribution in [2.45, 2.75) is 13.3 Å². The van der Waals surface area contributed by atoms with Gasteiger partial charge < -0.3 is 9.47 Å². The summed E-state index contributed by atoms with van der Waals surface area (Å²) < 4.78 is 10.5. The van der Waals surface area contributed by atoms with Crippen LogP contribution in [0.4, 0.5) is 0 Å². The predicted molar refractivity (Wildman–Crippen MR) is 78.8 cm³/mol. The van der Waals surface area contributed by atoms with Gasteiger partial charge in [-0.05, 0) is 24.6 Å². The minimum absolute atomic E-state index is 0.0489. The molecule has 3 nitrogen and oxygen atoms in total. The first-order valence-corrected chi connectivity index (χ1v) is 6.45. The average molecular weight is 270 g/mol. The molecule has 0 heterocycles. The molecule has 104 valence electrons. The number of para-hydroxylation sites is 1. The Morgan fingerprint density at radius 1 is 1.00 bits per heavy atom. The van der Waals surface area contributed by atoms with Gasteiger partial charge in [0.2, 0.25) is 0 Å². The lowest BCUT2D eigenvalue weighted by molar-refractivity contribution is 0.0991. The maximum absolute atomic E-state index is 12.4. The second-order valence-corrected chi connectivity index (χ2v) is 4.60. The number of benzene rings is 2. The lowest BCUT2D eigenvalue weighted by Gasteiger charge is -2.09. The number of carbonyl (C=O) groups is 1. The lowest BCUT2D eigenvalue weighted by Crippen LogP contribution is -2.05. The number of hydrogen-bond acceptors (Lipinski definition) is 3. The Bertz CT molecular complexity index is 617. The van der Waals surface area contributed by atoms with Crippen molar-refractivity contribution in [2.75, 3.05) is 14.2 Å². The van der Waals surface area contributed by atoms with E-state index in [4.69, 9.17) is 9.47 Å². The van der Waals surface area contributed by atoms with Crippen LogP contribution in [0.3, 0.4) is 0 Å². The molecule has 0 amide bonds. The zero-order valence-corrected chi connectivity index (χ0v) is 12.0. The number of Topliss-reactive ketones (excluding diaryl/α,β-unsaturated/α-hetero) is 1. The van der Waals surface area contributed by atoms with Crippen LogP contribution in [0, 0.1) is 6.92 Å². The second-order valence-electron chi connectivity index (χ2n) is 4.60. The van der Waals surface area contributed by atoms with Gasteiger partial charge in [-0.1, -0.05) is 30.3 Å². The van der Waals surface area contributed by atoms with Gasteiger partial charge in [0.25, 0.3) is 0 Å². The van der Waals surface area contributed by atoms with Crippen molar-refractivity contribution >= 4 is 5.78 Å².